The third kappa shape index (κ3) is 2.10. The monoisotopic (exact) mass is 284 g/mol. The lowest BCUT2D eigenvalue weighted by molar-refractivity contribution is 0.622. The van der Waals surface area contributed by atoms with Crippen molar-refractivity contribution in [1.29, 1.82) is 5.26 Å². The Morgan fingerprint density at radius 3 is 2.95 bits per heavy atom. The predicted octanol–water partition coefficient (Wildman–Crippen LogP) is 3.12. The second-order valence-electron chi connectivity index (χ2n) is 4.37. The Balaban J connectivity index is 2.03. The molecule has 0 amide bonds. The van der Waals surface area contributed by atoms with Crippen molar-refractivity contribution in [2.45, 2.75) is 6.54 Å². The smallest absolute Gasteiger partial charge is 0.259 e. The van der Waals surface area contributed by atoms with Crippen LogP contribution in [0, 0.1) is 17.1 Å². The topological polar surface area (TPSA) is 45.8 Å². The Hall–Kier alpha value is -2.45. The van der Waals surface area contributed by atoms with Gasteiger partial charge in [0.1, 0.15) is 11.9 Å². The highest BCUT2D eigenvalue weighted by molar-refractivity contribution is 7.17. The number of rotatable bonds is 2. The maximum absolute atomic E-state index is 13.3. The zero-order valence-electron chi connectivity index (χ0n) is 10.3. The normalized spacial score (nSPS) is 10.6. The first kappa shape index (κ1) is 12.6. The number of thiophene rings is 1. The van der Waals surface area contributed by atoms with Gasteiger partial charge < -0.3 is 4.57 Å². The van der Waals surface area contributed by atoms with E-state index in [4.69, 9.17) is 5.26 Å². The van der Waals surface area contributed by atoms with Crippen LogP contribution in [-0.4, -0.2) is 4.57 Å². The standard InChI is InChI=1S/C15H9FN2OS/c16-13-2-1-10(7-11(13)8-17)9-18-5-3-14-12(15(18)19)4-6-20-14/h1-7H,9H2. The van der Waals surface area contributed by atoms with Gasteiger partial charge in [0.05, 0.1) is 17.5 Å². The average Bonchev–Trinajstić information content (AvgIpc) is 2.93. The van der Waals surface area contributed by atoms with E-state index in [0.29, 0.717) is 11.9 Å². The highest BCUT2D eigenvalue weighted by Crippen LogP contribution is 2.17. The molecule has 0 unspecified atom stereocenters. The molecule has 3 rings (SSSR count). The molecule has 98 valence electrons. The van der Waals surface area contributed by atoms with Gasteiger partial charge in [-0.15, -0.1) is 11.3 Å². The van der Waals surface area contributed by atoms with Crippen molar-refractivity contribution in [3.63, 3.8) is 0 Å². The minimum absolute atomic E-state index is 0.00726. The Bertz CT molecular complexity index is 889. The average molecular weight is 284 g/mol. The van der Waals surface area contributed by atoms with Gasteiger partial charge in [0, 0.05) is 10.9 Å². The van der Waals surface area contributed by atoms with Crippen molar-refractivity contribution < 1.29 is 4.39 Å². The summed E-state index contributed by atoms with van der Waals surface area (Å²) in [5.74, 6) is -0.545. The number of pyridine rings is 1. The maximum Gasteiger partial charge on any atom is 0.259 e. The molecule has 3 aromatic rings. The van der Waals surface area contributed by atoms with Crippen molar-refractivity contribution in [3.8, 4) is 6.07 Å². The van der Waals surface area contributed by atoms with Crippen LogP contribution in [0.2, 0.25) is 0 Å². The van der Waals surface area contributed by atoms with Gasteiger partial charge in [0.15, 0.2) is 0 Å². The molecule has 0 aliphatic rings. The van der Waals surface area contributed by atoms with Gasteiger partial charge in [-0.3, -0.25) is 4.79 Å². The SMILES string of the molecule is N#Cc1cc(Cn2ccc3sccc3c2=O)ccc1F. The van der Waals surface area contributed by atoms with Crippen LogP contribution in [-0.2, 0) is 6.54 Å². The van der Waals surface area contributed by atoms with E-state index < -0.39 is 5.82 Å². The number of fused-ring (bicyclic) bond motifs is 1. The van der Waals surface area contributed by atoms with Crippen LogP contribution in [0.5, 0.6) is 0 Å². The molecule has 0 spiro atoms. The molecule has 0 aliphatic carbocycles. The van der Waals surface area contributed by atoms with E-state index in [-0.39, 0.29) is 11.1 Å². The van der Waals surface area contributed by atoms with Crippen LogP contribution in [0.15, 0.2) is 46.7 Å². The summed E-state index contributed by atoms with van der Waals surface area (Å²) in [4.78, 5) is 12.2. The Labute approximate surface area is 118 Å². The fourth-order valence-electron chi connectivity index (χ4n) is 2.08. The number of halogens is 1. The van der Waals surface area contributed by atoms with E-state index in [0.717, 1.165) is 10.3 Å². The van der Waals surface area contributed by atoms with Gasteiger partial charge in [-0.2, -0.15) is 5.26 Å². The summed E-state index contributed by atoms with van der Waals surface area (Å²) in [5, 5.41) is 11.4. The molecular formula is C15H9FN2OS. The number of nitrogens with zero attached hydrogens (tertiary/aromatic N) is 2. The van der Waals surface area contributed by atoms with Crippen LogP contribution in [0.4, 0.5) is 4.39 Å². The summed E-state index contributed by atoms with van der Waals surface area (Å²) in [7, 11) is 0. The first-order chi connectivity index (χ1) is 9.69. The number of aromatic nitrogens is 1. The second kappa shape index (κ2) is 4.91. The minimum Gasteiger partial charge on any atom is -0.311 e. The lowest BCUT2D eigenvalue weighted by Crippen LogP contribution is -2.19. The molecule has 20 heavy (non-hydrogen) atoms. The molecule has 0 bridgehead atoms. The van der Waals surface area contributed by atoms with Gasteiger partial charge in [0.2, 0.25) is 0 Å². The first-order valence-electron chi connectivity index (χ1n) is 5.94. The number of hydrogen-bond donors (Lipinski definition) is 0. The van der Waals surface area contributed by atoms with E-state index in [9.17, 15) is 9.18 Å². The van der Waals surface area contributed by atoms with E-state index >= 15 is 0 Å². The third-order valence-corrected chi connectivity index (χ3v) is 3.98. The van der Waals surface area contributed by atoms with E-state index in [1.54, 1.807) is 29.0 Å². The summed E-state index contributed by atoms with van der Waals surface area (Å²) in [6.45, 7) is 0.319. The van der Waals surface area contributed by atoms with Crippen LogP contribution in [0.1, 0.15) is 11.1 Å². The fourth-order valence-corrected chi connectivity index (χ4v) is 2.86. The highest BCUT2D eigenvalue weighted by Gasteiger charge is 2.06. The van der Waals surface area contributed by atoms with Crippen molar-refractivity contribution in [1.82, 2.24) is 4.57 Å². The van der Waals surface area contributed by atoms with Gasteiger partial charge in [-0.05, 0) is 35.2 Å². The van der Waals surface area contributed by atoms with Crippen LogP contribution in [0.25, 0.3) is 10.1 Å². The molecule has 0 saturated heterocycles. The van der Waals surface area contributed by atoms with Gasteiger partial charge in [0.25, 0.3) is 5.56 Å². The summed E-state index contributed by atoms with van der Waals surface area (Å²) < 4.78 is 15.8. The predicted molar refractivity (Wildman–Crippen MR) is 76.3 cm³/mol. The molecule has 0 saturated carbocycles. The summed E-state index contributed by atoms with van der Waals surface area (Å²) in [6.07, 6.45) is 1.72. The molecule has 0 N–H and O–H groups in total. The quantitative estimate of drug-likeness (QED) is 0.726. The largest absolute Gasteiger partial charge is 0.311 e. The Kier molecular flexibility index (Phi) is 3.09. The molecule has 2 heterocycles. The van der Waals surface area contributed by atoms with Gasteiger partial charge in [-0.1, -0.05) is 6.07 Å². The van der Waals surface area contributed by atoms with Crippen LogP contribution < -0.4 is 5.56 Å². The molecular weight excluding hydrogens is 275 g/mol. The molecule has 0 atom stereocenters. The maximum atomic E-state index is 13.3. The molecule has 5 heteroatoms. The Morgan fingerprint density at radius 1 is 1.30 bits per heavy atom. The van der Waals surface area contributed by atoms with E-state index in [1.165, 1.54) is 23.5 Å². The van der Waals surface area contributed by atoms with E-state index in [1.807, 2.05) is 11.4 Å². The molecule has 0 aliphatic heterocycles. The van der Waals surface area contributed by atoms with E-state index in [2.05, 4.69) is 0 Å². The molecule has 2 aromatic heterocycles. The lowest BCUT2D eigenvalue weighted by Gasteiger charge is -2.06. The summed E-state index contributed by atoms with van der Waals surface area (Å²) in [6, 6.07) is 9.79. The summed E-state index contributed by atoms with van der Waals surface area (Å²) >= 11 is 1.52. The van der Waals surface area contributed by atoms with Crippen molar-refractivity contribution >= 4 is 21.4 Å². The molecule has 0 fully saturated rings. The zero-order chi connectivity index (χ0) is 14.1. The van der Waals surface area contributed by atoms with Crippen molar-refractivity contribution in [3.05, 3.63) is 69.2 Å². The summed E-state index contributed by atoms with van der Waals surface area (Å²) in [5.41, 5.74) is 0.637. The lowest BCUT2D eigenvalue weighted by atomic mass is 10.1. The third-order valence-electron chi connectivity index (χ3n) is 3.10. The van der Waals surface area contributed by atoms with Crippen molar-refractivity contribution in [2.24, 2.45) is 0 Å². The highest BCUT2D eigenvalue weighted by atomic mass is 32.1. The number of hydrogen-bond acceptors (Lipinski definition) is 3. The molecule has 0 radical (unpaired) electrons. The second-order valence-corrected chi connectivity index (χ2v) is 5.32. The first-order valence-corrected chi connectivity index (χ1v) is 6.82. The fraction of sp³-hybridized carbons (Fsp3) is 0.0667. The van der Waals surface area contributed by atoms with Gasteiger partial charge in [-0.25, -0.2) is 4.39 Å². The zero-order valence-corrected chi connectivity index (χ0v) is 11.2. The number of benzene rings is 1. The number of nitriles is 1. The van der Waals surface area contributed by atoms with Crippen molar-refractivity contribution in [2.75, 3.05) is 0 Å². The Morgan fingerprint density at radius 2 is 2.15 bits per heavy atom. The van der Waals surface area contributed by atoms with Crippen LogP contribution in [0.3, 0.4) is 0 Å². The van der Waals surface area contributed by atoms with Gasteiger partial charge >= 0.3 is 0 Å². The van der Waals surface area contributed by atoms with Crippen LogP contribution >= 0.6 is 11.3 Å². The molecule has 1 aromatic carbocycles. The molecule has 3 nitrogen and oxygen atoms in total. The minimum atomic E-state index is -0.545.